The van der Waals surface area contributed by atoms with E-state index in [1.807, 2.05) is 71.3 Å². The summed E-state index contributed by atoms with van der Waals surface area (Å²) in [7, 11) is 0. The molecule has 0 fully saturated rings. The lowest BCUT2D eigenvalue weighted by Crippen LogP contribution is -2.75. The topological polar surface area (TPSA) is 30.2 Å². The molecule has 84 heavy (non-hydrogen) atoms. The van der Waals surface area contributed by atoms with Crippen LogP contribution in [-0.2, 0) is 56.0 Å². The number of fused-ring (bicyclic) bond motifs is 1. The van der Waals surface area contributed by atoms with E-state index in [1.54, 1.807) is 12.1 Å². The van der Waals surface area contributed by atoms with Gasteiger partial charge < -0.3 is 4.74 Å². The van der Waals surface area contributed by atoms with Crippen LogP contribution in [0, 0.1) is 0 Å². The number of esters is 1. The fourth-order valence-electron chi connectivity index (χ4n) is 9.11. The van der Waals surface area contributed by atoms with Crippen LogP contribution in [0.1, 0.15) is 60.6 Å². The number of ether oxygens (including phenoxy) is 1. The van der Waals surface area contributed by atoms with Crippen LogP contribution in [0.4, 0.5) is 105 Å². The highest BCUT2D eigenvalue weighted by Gasteiger charge is 2.47. The SMILES string of the molecule is FC(F)(F)c1cc([B-](c2cc(C(F)(F)F)cc(C(F)(F)F)c2)(c2cc(C(F)(F)F)cc(C(F)(F)F)c2)c2cc(C(F)(F)F)cc(C(F)(F)F)c2)cc(C(F)(F)F)c1.O=C(Oc1ccc(Br)cc1)c1ccc2ccccc2[n+]1Cc1ccccc1. The van der Waals surface area contributed by atoms with E-state index in [2.05, 4.69) is 28.1 Å². The Bertz CT molecular complexity index is 3270. The minimum atomic E-state index is -6.13. The summed E-state index contributed by atoms with van der Waals surface area (Å²) >= 11 is 3.39. The summed E-state index contributed by atoms with van der Waals surface area (Å²) in [4.78, 5) is 12.9. The summed E-state index contributed by atoms with van der Waals surface area (Å²) < 4.78 is 349. The van der Waals surface area contributed by atoms with Crippen molar-refractivity contribution < 1.29 is 119 Å². The lowest BCUT2D eigenvalue weighted by atomic mass is 9.12. The quantitative estimate of drug-likeness (QED) is 0.0499. The third-order valence-electron chi connectivity index (χ3n) is 12.8. The van der Waals surface area contributed by atoms with Crippen molar-refractivity contribution >= 4 is 60.8 Å². The van der Waals surface area contributed by atoms with Gasteiger partial charge in [0.25, 0.3) is 5.69 Å². The molecule has 0 aliphatic carbocycles. The summed E-state index contributed by atoms with van der Waals surface area (Å²) in [6, 6.07) is 20.3. The maximum Gasteiger partial charge on any atom is 0.416 e. The fraction of sp³-hybridized carbons (Fsp3) is 0.164. The Balaban J connectivity index is 0.000000309. The summed E-state index contributed by atoms with van der Waals surface area (Å²) in [5, 5.41) is 1.08. The zero-order chi connectivity index (χ0) is 62.6. The van der Waals surface area contributed by atoms with E-state index >= 15 is 0 Å². The van der Waals surface area contributed by atoms with E-state index in [0.717, 1.165) is 20.9 Å². The van der Waals surface area contributed by atoms with Gasteiger partial charge in [0.1, 0.15) is 11.9 Å². The summed E-state index contributed by atoms with van der Waals surface area (Å²) in [6.45, 7) is 0.590. The Morgan fingerprint density at radius 1 is 0.369 bits per heavy atom. The van der Waals surface area contributed by atoms with Crippen molar-refractivity contribution in [2.24, 2.45) is 0 Å². The number of hydrogen-bond acceptors (Lipinski definition) is 2. The molecular formula is C55H29BBrF24NO2. The Kier molecular flexibility index (Phi) is 17.3. The second-order valence-electron chi connectivity index (χ2n) is 18.4. The number of pyridine rings is 1. The molecule has 29 heteroatoms. The van der Waals surface area contributed by atoms with Crippen molar-refractivity contribution in [1.82, 2.24) is 0 Å². The number of rotatable bonds is 8. The lowest BCUT2D eigenvalue weighted by Gasteiger charge is -2.46. The van der Waals surface area contributed by atoms with Gasteiger partial charge in [-0.3, -0.25) is 0 Å². The van der Waals surface area contributed by atoms with Gasteiger partial charge in [-0.25, -0.2) is 4.79 Å². The summed E-state index contributed by atoms with van der Waals surface area (Å²) in [5.41, 5.74) is -27.6. The largest absolute Gasteiger partial charge is 0.419 e. The Labute approximate surface area is 464 Å². The standard InChI is InChI=1S/C32H12BF24.C23H17BrNO2/c34-25(35,36)13-1-14(26(37,38)39)6-21(5-13)33(22-7-15(27(40,41)42)2-16(8-22)28(43,44)45,23-9-17(29(46,47)48)3-18(10-23)30(49,50)51)24-11-19(31(52,53)54)4-20(12-24)32(55,56)57;24-19-11-13-20(14-12-19)27-23(26)22-15-10-18-8-4-5-9-21(18)25(22)16-17-6-2-1-3-7-17/h1-12H;1-15H,16H2/q-1;+1. The van der Waals surface area contributed by atoms with Crippen molar-refractivity contribution in [2.45, 2.75) is 56.0 Å². The Morgan fingerprint density at radius 2 is 0.667 bits per heavy atom. The molecule has 0 saturated heterocycles. The lowest BCUT2D eigenvalue weighted by molar-refractivity contribution is -0.664. The molecule has 0 aliphatic heterocycles. The molecule has 444 valence electrons. The highest BCUT2D eigenvalue weighted by molar-refractivity contribution is 9.10. The summed E-state index contributed by atoms with van der Waals surface area (Å²) in [5.74, 6) is 0.140. The predicted molar refractivity (Wildman–Crippen MR) is 259 cm³/mol. The van der Waals surface area contributed by atoms with Crippen LogP contribution in [0.5, 0.6) is 5.75 Å². The average molecular weight is 1280 g/mol. The maximum atomic E-state index is 14.2. The van der Waals surface area contributed by atoms with E-state index in [4.69, 9.17) is 4.74 Å². The minimum Gasteiger partial charge on any atom is -0.419 e. The van der Waals surface area contributed by atoms with Crippen LogP contribution < -0.4 is 31.2 Å². The number of aromatic nitrogens is 1. The highest BCUT2D eigenvalue weighted by Crippen LogP contribution is 2.42. The molecule has 0 bridgehead atoms. The van der Waals surface area contributed by atoms with Gasteiger partial charge in [0.2, 0.25) is 5.52 Å². The number of benzene rings is 7. The van der Waals surface area contributed by atoms with Crippen molar-refractivity contribution in [3.05, 3.63) is 224 Å². The van der Waals surface area contributed by atoms with Crippen LogP contribution in [-0.4, -0.2) is 12.1 Å². The van der Waals surface area contributed by atoms with Crippen LogP contribution in [0.15, 0.2) is 168 Å². The van der Waals surface area contributed by atoms with Crippen molar-refractivity contribution in [3.63, 3.8) is 0 Å². The van der Waals surface area contributed by atoms with Crippen molar-refractivity contribution in [3.8, 4) is 5.75 Å². The number of nitrogens with zero attached hydrogens (tertiary/aromatic N) is 1. The molecule has 0 N–H and O–H groups in total. The van der Waals surface area contributed by atoms with Crippen LogP contribution >= 0.6 is 15.9 Å². The molecule has 1 aromatic heterocycles. The molecule has 0 unspecified atom stereocenters. The van der Waals surface area contributed by atoms with Gasteiger partial charge in [-0.15, -0.1) is 0 Å². The number of para-hydroxylation sites is 1. The molecule has 8 aromatic rings. The molecule has 0 radical (unpaired) electrons. The molecule has 0 amide bonds. The van der Waals surface area contributed by atoms with E-state index in [9.17, 15) is 110 Å². The Hall–Kier alpha value is -7.72. The third kappa shape index (κ3) is 14.4. The third-order valence-corrected chi connectivity index (χ3v) is 13.3. The van der Waals surface area contributed by atoms with Gasteiger partial charge >= 0.3 is 55.4 Å². The monoisotopic (exact) mass is 1280 g/mol. The number of carbonyl (C=O) groups excluding carboxylic acids is 1. The molecule has 1 heterocycles. The first-order chi connectivity index (χ1) is 38.5. The van der Waals surface area contributed by atoms with Gasteiger partial charge in [0.05, 0.1) is 44.5 Å². The zero-order valence-electron chi connectivity index (χ0n) is 41.1. The number of hydrogen-bond donors (Lipinski definition) is 0. The second kappa shape index (κ2) is 22.7. The Morgan fingerprint density at radius 3 is 0.976 bits per heavy atom. The zero-order valence-corrected chi connectivity index (χ0v) is 42.7. The van der Waals surface area contributed by atoms with Gasteiger partial charge in [-0.2, -0.15) is 132 Å². The van der Waals surface area contributed by atoms with Gasteiger partial charge in [-0.05, 0) is 60.7 Å². The number of alkyl halides is 24. The smallest absolute Gasteiger partial charge is 0.416 e. The first-order valence-corrected chi connectivity index (χ1v) is 24.0. The van der Waals surface area contributed by atoms with Crippen molar-refractivity contribution in [1.29, 1.82) is 0 Å². The van der Waals surface area contributed by atoms with Crippen LogP contribution in [0.25, 0.3) is 10.9 Å². The van der Waals surface area contributed by atoms with Gasteiger partial charge in [0.15, 0.2) is 6.54 Å². The van der Waals surface area contributed by atoms with Crippen LogP contribution in [0.2, 0.25) is 0 Å². The molecule has 0 saturated carbocycles. The first-order valence-electron chi connectivity index (χ1n) is 23.3. The van der Waals surface area contributed by atoms with E-state index in [-0.39, 0.29) is 5.97 Å². The minimum absolute atomic E-state index is 0.376. The van der Waals surface area contributed by atoms with Crippen molar-refractivity contribution in [2.75, 3.05) is 0 Å². The van der Waals surface area contributed by atoms with E-state index in [1.165, 1.54) is 0 Å². The normalized spacial score (nSPS) is 13.2. The molecule has 8 rings (SSSR count). The van der Waals surface area contributed by atoms with Crippen LogP contribution in [0.3, 0.4) is 0 Å². The average Bonchev–Trinajstić information content (AvgIpc) is 0.768. The first kappa shape index (κ1) is 63.9. The molecular weight excluding hydrogens is 1250 g/mol. The second-order valence-corrected chi connectivity index (χ2v) is 19.3. The molecule has 0 aliphatic rings. The van der Waals surface area contributed by atoms with Gasteiger partial charge in [-0.1, -0.05) is 107 Å². The van der Waals surface area contributed by atoms with E-state index in [0.29, 0.717) is 18.0 Å². The summed E-state index contributed by atoms with van der Waals surface area (Å²) in [6.07, 6.45) is -54.8. The van der Waals surface area contributed by atoms with E-state index < -0.39 is 195 Å². The molecule has 7 aromatic carbocycles. The number of carbonyl (C=O) groups is 1. The number of halogens is 25. The maximum absolute atomic E-state index is 14.2. The molecule has 0 atom stereocenters. The van der Waals surface area contributed by atoms with Gasteiger partial charge in [0, 0.05) is 27.6 Å². The molecule has 3 nitrogen and oxygen atoms in total. The fourth-order valence-corrected chi connectivity index (χ4v) is 9.37. The molecule has 0 spiro atoms. The highest BCUT2D eigenvalue weighted by atomic mass is 79.9. The predicted octanol–water partition coefficient (Wildman–Crippen LogP) is 16.4.